The first-order valence-electron chi connectivity index (χ1n) is 7.53. The summed E-state index contributed by atoms with van der Waals surface area (Å²) in [6, 6.07) is 8.12. The highest BCUT2D eigenvalue weighted by Gasteiger charge is 2.32. The highest BCUT2D eigenvalue weighted by atomic mass is 35.5. The van der Waals surface area contributed by atoms with E-state index in [1.807, 2.05) is 0 Å². The molecule has 1 amide bonds. The van der Waals surface area contributed by atoms with E-state index in [0.29, 0.717) is 10.8 Å². The van der Waals surface area contributed by atoms with Crippen LogP contribution in [0.25, 0.3) is 0 Å². The van der Waals surface area contributed by atoms with Crippen molar-refractivity contribution in [3.63, 3.8) is 0 Å². The summed E-state index contributed by atoms with van der Waals surface area (Å²) in [6.45, 7) is 0.0101. The van der Waals surface area contributed by atoms with Gasteiger partial charge in [0.15, 0.2) is 5.76 Å². The van der Waals surface area contributed by atoms with Crippen LogP contribution in [0.3, 0.4) is 0 Å². The number of hydrogen-bond acceptors (Lipinski definition) is 3. The smallest absolute Gasteiger partial charge is 0.416 e. The minimum atomic E-state index is -4.48. The van der Waals surface area contributed by atoms with Gasteiger partial charge < -0.3 is 9.73 Å². The quantitative estimate of drug-likeness (QED) is 0.720. The standard InChI is InChI=1S/C17H13ClF3N3O2/c18-12-8-23-24(9-12)10-13-5-6-15(26-13)16(25)22-7-11-3-1-2-4-14(11)17(19,20)21/h1-6,8-9H,7,10H2,(H,22,25). The first-order valence-corrected chi connectivity index (χ1v) is 7.90. The number of rotatable bonds is 5. The Bertz CT molecular complexity index is 918. The number of nitrogens with one attached hydrogen (secondary N) is 1. The van der Waals surface area contributed by atoms with Gasteiger partial charge in [-0.2, -0.15) is 18.3 Å². The third kappa shape index (κ3) is 4.26. The lowest BCUT2D eigenvalue weighted by Gasteiger charge is -2.12. The lowest BCUT2D eigenvalue weighted by molar-refractivity contribution is -0.138. The number of nitrogens with zero attached hydrogens (tertiary/aromatic N) is 2. The molecule has 0 saturated carbocycles. The Labute approximate surface area is 151 Å². The molecular weight excluding hydrogens is 371 g/mol. The third-order valence-corrected chi connectivity index (χ3v) is 3.76. The molecule has 0 unspecified atom stereocenters. The molecular formula is C17H13ClF3N3O2. The van der Waals surface area contributed by atoms with Crippen molar-refractivity contribution in [2.45, 2.75) is 19.3 Å². The third-order valence-electron chi connectivity index (χ3n) is 3.57. The van der Waals surface area contributed by atoms with Crippen molar-refractivity contribution < 1.29 is 22.4 Å². The number of hydrogen-bond donors (Lipinski definition) is 1. The van der Waals surface area contributed by atoms with Gasteiger partial charge in [-0.05, 0) is 23.8 Å². The fourth-order valence-electron chi connectivity index (χ4n) is 2.38. The molecule has 1 N–H and O–H groups in total. The number of alkyl halides is 3. The Balaban J connectivity index is 1.64. The fourth-order valence-corrected chi connectivity index (χ4v) is 2.54. The van der Waals surface area contributed by atoms with Gasteiger partial charge in [0, 0.05) is 12.7 Å². The second kappa shape index (κ2) is 7.25. The van der Waals surface area contributed by atoms with Crippen LogP contribution in [0.1, 0.15) is 27.4 Å². The molecule has 3 rings (SSSR count). The largest absolute Gasteiger partial charge is 0.454 e. The number of carbonyl (C=O) groups is 1. The van der Waals surface area contributed by atoms with Gasteiger partial charge >= 0.3 is 6.18 Å². The van der Waals surface area contributed by atoms with Crippen LogP contribution < -0.4 is 5.32 Å². The second-order valence-corrected chi connectivity index (χ2v) is 5.90. The molecule has 0 radical (unpaired) electrons. The molecule has 0 aliphatic rings. The number of halogens is 4. The molecule has 9 heteroatoms. The number of benzene rings is 1. The molecule has 0 bridgehead atoms. The highest BCUT2D eigenvalue weighted by Crippen LogP contribution is 2.31. The van der Waals surface area contributed by atoms with Crippen molar-refractivity contribution >= 4 is 17.5 Å². The van der Waals surface area contributed by atoms with E-state index in [0.717, 1.165) is 6.07 Å². The average Bonchev–Trinajstić information content (AvgIpc) is 3.21. The van der Waals surface area contributed by atoms with Crippen LogP contribution in [0, 0.1) is 0 Å². The van der Waals surface area contributed by atoms with E-state index in [-0.39, 0.29) is 24.4 Å². The predicted octanol–water partition coefficient (Wildman–Crippen LogP) is 4.13. The number of aromatic nitrogens is 2. The molecule has 26 heavy (non-hydrogen) atoms. The topological polar surface area (TPSA) is 60.1 Å². The summed E-state index contributed by atoms with van der Waals surface area (Å²) in [5.41, 5.74) is -0.803. The molecule has 3 aromatic rings. The van der Waals surface area contributed by atoms with E-state index in [1.165, 1.54) is 35.1 Å². The monoisotopic (exact) mass is 383 g/mol. The zero-order chi connectivity index (χ0) is 18.7. The molecule has 0 spiro atoms. The minimum absolute atomic E-state index is 0.00254. The molecule has 1 aromatic carbocycles. The van der Waals surface area contributed by atoms with E-state index in [1.54, 1.807) is 12.3 Å². The van der Waals surface area contributed by atoms with Gasteiger partial charge in [0.25, 0.3) is 5.91 Å². The zero-order valence-corrected chi connectivity index (χ0v) is 14.0. The van der Waals surface area contributed by atoms with Crippen LogP contribution in [-0.4, -0.2) is 15.7 Å². The lowest BCUT2D eigenvalue weighted by Crippen LogP contribution is -2.24. The van der Waals surface area contributed by atoms with Crippen LogP contribution in [0.5, 0.6) is 0 Å². The van der Waals surface area contributed by atoms with Crippen molar-refractivity contribution in [3.05, 3.63) is 76.5 Å². The summed E-state index contributed by atoms with van der Waals surface area (Å²) >= 11 is 5.77. The van der Waals surface area contributed by atoms with Gasteiger partial charge in [-0.25, -0.2) is 0 Å². The van der Waals surface area contributed by atoms with Crippen LogP contribution in [0.15, 0.2) is 53.2 Å². The van der Waals surface area contributed by atoms with Gasteiger partial charge in [0.2, 0.25) is 0 Å². The van der Waals surface area contributed by atoms with E-state index >= 15 is 0 Å². The van der Waals surface area contributed by atoms with E-state index in [9.17, 15) is 18.0 Å². The maximum absolute atomic E-state index is 13.0. The summed E-state index contributed by atoms with van der Waals surface area (Å²) in [7, 11) is 0. The van der Waals surface area contributed by atoms with Gasteiger partial charge in [-0.15, -0.1) is 0 Å². The summed E-state index contributed by atoms with van der Waals surface area (Å²) in [4.78, 5) is 12.1. The number of furan rings is 1. The first-order chi connectivity index (χ1) is 12.3. The molecule has 0 fully saturated rings. The summed E-state index contributed by atoms with van der Waals surface area (Å²) < 4.78 is 45.8. The Morgan fingerprint density at radius 1 is 1.23 bits per heavy atom. The molecule has 2 heterocycles. The predicted molar refractivity (Wildman–Crippen MR) is 87.7 cm³/mol. The Morgan fingerprint density at radius 2 is 2.00 bits per heavy atom. The molecule has 0 atom stereocenters. The lowest BCUT2D eigenvalue weighted by atomic mass is 10.1. The van der Waals surface area contributed by atoms with E-state index in [2.05, 4.69) is 10.4 Å². The average molecular weight is 384 g/mol. The molecule has 0 aliphatic heterocycles. The van der Waals surface area contributed by atoms with Gasteiger partial charge in [-0.3, -0.25) is 9.48 Å². The highest BCUT2D eigenvalue weighted by molar-refractivity contribution is 6.30. The zero-order valence-electron chi connectivity index (χ0n) is 13.3. The van der Waals surface area contributed by atoms with Crippen molar-refractivity contribution in [1.82, 2.24) is 15.1 Å². The van der Waals surface area contributed by atoms with E-state index < -0.39 is 17.6 Å². The molecule has 0 saturated heterocycles. The van der Waals surface area contributed by atoms with Crippen molar-refractivity contribution in [2.75, 3.05) is 0 Å². The molecule has 5 nitrogen and oxygen atoms in total. The Hall–Kier alpha value is -2.74. The maximum Gasteiger partial charge on any atom is 0.416 e. The molecule has 0 aliphatic carbocycles. The summed E-state index contributed by atoms with van der Waals surface area (Å²) in [6.07, 6.45) is -1.42. The van der Waals surface area contributed by atoms with Crippen molar-refractivity contribution in [2.24, 2.45) is 0 Å². The van der Waals surface area contributed by atoms with Gasteiger partial charge in [0.05, 0.1) is 23.3 Å². The maximum atomic E-state index is 13.0. The van der Waals surface area contributed by atoms with Gasteiger partial charge in [0.1, 0.15) is 5.76 Å². The SMILES string of the molecule is O=C(NCc1ccccc1C(F)(F)F)c1ccc(Cn2cc(Cl)cn2)o1. The summed E-state index contributed by atoms with van der Waals surface area (Å²) in [5, 5.41) is 6.89. The van der Waals surface area contributed by atoms with Crippen molar-refractivity contribution in [1.29, 1.82) is 0 Å². The minimum Gasteiger partial charge on any atom is -0.454 e. The fraction of sp³-hybridized carbons (Fsp3) is 0.176. The molecule has 136 valence electrons. The van der Waals surface area contributed by atoms with Crippen molar-refractivity contribution in [3.8, 4) is 0 Å². The Kier molecular flexibility index (Phi) is 5.03. The molecule has 2 aromatic heterocycles. The number of amides is 1. The Morgan fingerprint density at radius 3 is 2.69 bits per heavy atom. The van der Waals surface area contributed by atoms with Crippen LogP contribution in [0.4, 0.5) is 13.2 Å². The van der Waals surface area contributed by atoms with Crippen LogP contribution >= 0.6 is 11.6 Å². The van der Waals surface area contributed by atoms with E-state index in [4.69, 9.17) is 16.0 Å². The first kappa shape index (κ1) is 18.1. The van der Waals surface area contributed by atoms with Gasteiger partial charge in [-0.1, -0.05) is 29.8 Å². The normalized spacial score (nSPS) is 11.5. The summed E-state index contributed by atoms with van der Waals surface area (Å²) in [5.74, 6) is -0.139. The van der Waals surface area contributed by atoms with Crippen LogP contribution in [-0.2, 0) is 19.3 Å². The van der Waals surface area contributed by atoms with Crippen LogP contribution in [0.2, 0.25) is 5.02 Å². The number of carbonyl (C=O) groups excluding carboxylic acids is 1. The second-order valence-electron chi connectivity index (χ2n) is 5.46.